The van der Waals surface area contributed by atoms with Crippen LogP contribution in [-0.2, 0) is 0 Å². The van der Waals surface area contributed by atoms with Gasteiger partial charge in [0, 0.05) is 42.2 Å². The number of benzene rings is 2. The number of likely N-dealkylation sites (tertiary alicyclic amines) is 1. The van der Waals surface area contributed by atoms with E-state index in [1.54, 1.807) is 13.2 Å². The van der Waals surface area contributed by atoms with E-state index in [-0.39, 0.29) is 17.4 Å². The lowest BCUT2D eigenvalue weighted by Crippen LogP contribution is -2.44. The lowest BCUT2D eigenvalue weighted by Gasteiger charge is -2.23. The molecular formula is C24H29N5O3. The average molecular weight is 436 g/mol. The van der Waals surface area contributed by atoms with Crippen LogP contribution in [0, 0.1) is 12.8 Å². The maximum absolute atomic E-state index is 9.78. The van der Waals surface area contributed by atoms with Gasteiger partial charge in [0.2, 0.25) is 0 Å². The fraction of sp³-hybridized carbons (Fsp3) is 0.417. The van der Waals surface area contributed by atoms with Crippen LogP contribution < -0.4 is 20.5 Å². The molecule has 1 aliphatic heterocycles. The highest BCUT2D eigenvalue weighted by Crippen LogP contribution is 2.43. The van der Waals surface area contributed by atoms with Crippen molar-refractivity contribution in [2.75, 3.05) is 32.6 Å². The van der Waals surface area contributed by atoms with E-state index < -0.39 is 0 Å². The van der Waals surface area contributed by atoms with Crippen molar-refractivity contribution in [2.45, 2.75) is 31.4 Å². The Morgan fingerprint density at radius 3 is 2.81 bits per heavy atom. The monoisotopic (exact) mass is 435 g/mol. The molecule has 168 valence electrons. The molecule has 3 atom stereocenters. The van der Waals surface area contributed by atoms with E-state index in [0.717, 1.165) is 48.1 Å². The van der Waals surface area contributed by atoms with E-state index in [2.05, 4.69) is 27.2 Å². The Morgan fingerprint density at radius 2 is 2.06 bits per heavy atom. The van der Waals surface area contributed by atoms with Crippen molar-refractivity contribution in [3.8, 4) is 17.2 Å². The van der Waals surface area contributed by atoms with Crippen LogP contribution in [0.3, 0.4) is 0 Å². The van der Waals surface area contributed by atoms with Crippen LogP contribution in [0.2, 0.25) is 0 Å². The van der Waals surface area contributed by atoms with Crippen molar-refractivity contribution in [3.05, 3.63) is 42.2 Å². The van der Waals surface area contributed by atoms with E-state index in [1.807, 2.05) is 31.2 Å². The number of methoxy groups -OCH3 is 1. The fourth-order valence-corrected chi connectivity index (χ4v) is 5.17. The van der Waals surface area contributed by atoms with Crippen LogP contribution in [0.5, 0.6) is 17.2 Å². The summed E-state index contributed by atoms with van der Waals surface area (Å²) in [7, 11) is 3.76. The molecule has 8 nitrogen and oxygen atoms in total. The van der Waals surface area contributed by atoms with Gasteiger partial charge in [-0.15, -0.1) is 0 Å². The molecule has 2 heterocycles. The number of phenolic OH excluding ortho intramolecular Hbond substituents is 1. The molecule has 32 heavy (non-hydrogen) atoms. The van der Waals surface area contributed by atoms with Gasteiger partial charge in [-0.2, -0.15) is 0 Å². The van der Waals surface area contributed by atoms with Gasteiger partial charge >= 0.3 is 0 Å². The Labute approximate surface area is 187 Å². The zero-order valence-corrected chi connectivity index (χ0v) is 18.6. The predicted octanol–water partition coefficient (Wildman–Crippen LogP) is 3.20. The summed E-state index contributed by atoms with van der Waals surface area (Å²) in [5, 5.41) is 13.9. The van der Waals surface area contributed by atoms with Gasteiger partial charge in [-0.1, -0.05) is 0 Å². The van der Waals surface area contributed by atoms with Crippen LogP contribution in [-0.4, -0.2) is 58.9 Å². The van der Waals surface area contributed by atoms with Crippen molar-refractivity contribution in [2.24, 2.45) is 11.7 Å². The van der Waals surface area contributed by atoms with E-state index in [4.69, 9.17) is 15.2 Å². The Balaban J connectivity index is 1.42. The van der Waals surface area contributed by atoms with Gasteiger partial charge in [0.05, 0.1) is 12.6 Å². The molecule has 2 fully saturated rings. The number of ether oxygens (including phenoxy) is 2. The summed E-state index contributed by atoms with van der Waals surface area (Å²) in [5.41, 5.74) is 8.87. The van der Waals surface area contributed by atoms with E-state index in [0.29, 0.717) is 23.2 Å². The minimum atomic E-state index is -0.176. The number of nitrogens with zero attached hydrogens (tertiary/aromatic N) is 3. The number of fused-ring (bicyclic) bond motifs is 2. The minimum Gasteiger partial charge on any atom is -0.508 e. The maximum atomic E-state index is 9.78. The predicted molar refractivity (Wildman–Crippen MR) is 124 cm³/mol. The van der Waals surface area contributed by atoms with Crippen molar-refractivity contribution >= 4 is 22.4 Å². The Bertz CT molecular complexity index is 1170. The molecule has 5 rings (SSSR count). The highest BCUT2D eigenvalue weighted by Gasteiger charge is 2.50. The first-order valence-electron chi connectivity index (χ1n) is 10.9. The molecule has 0 bridgehead atoms. The maximum Gasteiger partial charge on any atom is 0.163 e. The van der Waals surface area contributed by atoms with Gasteiger partial charge in [-0.3, -0.25) is 0 Å². The van der Waals surface area contributed by atoms with Crippen LogP contribution in [0.25, 0.3) is 10.9 Å². The summed E-state index contributed by atoms with van der Waals surface area (Å²) in [5.74, 6) is 2.68. The number of hydrogen-bond acceptors (Lipinski definition) is 8. The second-order valence-electron chi connectivity index (χ2n) is 9.18. The summed E-state index contributed by atoms with van der Waals surface area (Å²) in [6.07, 6.45) is 3.36. The first kappa shape index (κ1) is 20.8. The molecule has 3 aromatic rings. The van der Waals surface area contributed by atoms with Crippen molar-refractivity contribution in [1.29, 1.82) is 0 Å². The number of aromatic hydroxyl groups is 1. The molecule has 1 aromatic heterocycles. The SMILES string of the molecule is COc1cc2c(Nc3ccc(O)c(C)c3)ncnc2cc1OC1CC2CN(C)CC2(N)C1. The summed E-state index contributed by atoms with van der Waals surface area (Å²) in [4.78, 5) is 11.2. The summed E-state index contributed by atoms with van der Waals surface area (Å²) < 4.78 is 12.1. The Morgan fingerprint density at radius 1 is 1.22 bits per heavy atom. The first-order valence-corrected chi connectivity index (χ1v) is 10.9. The molecule has 0 amide bonds. The van der Waals surface area contributed by atoms with Gasteiger partial charge < -0.3 is 30.5 Å². The third-order valence-electron chi connectivity index (χ3n) is 6.74. The number of rotatable bonds is 5. The van der Waals surface area contributed by atoms with Gasteiger partial charge in [0.25, 0.3) is 0 Å². The van der Waals surface area contributed by atoms with Crippen molar-refractivity contribution in [3.63, 3.8) is 0 Å². The van der Waals surface area contributed by atoms with Gasteiger partial charge in [-0.25, -0.2) is 9.97 Å². The van der Waals surface area contributed by atoms with Gasteiger partial charge in [0.1, 0.15) is 24.0 Å². The molecule has 3 unspecified atom stereocenters. The lowest BCUT2D eigenvalue weighted by atomic mass is 9.92. The molecule has 0 spiro atoms. The van der Waals surface area contributed by atoms with E-state index in [1.165, 1.54) is 6.33 Å². The quantitative estimate of drug-likeness (QED) is 0.525. The molecular weight excluding hydrogens is 406 g/mol. The van der Waals surface area contributed by atoms with Crippen LogP contribution in [0.15, 0.2) is 36.7 Å². The number of nitrogens with two attached hydrogens (primary N) is 1. The zero-order valence-electron chi connectivity index (χ0n) is 18.6. The summed E-state index contributed by atoms with van der Waals surface area (Å²) in [6.45, 7) is 3.78. The van der Waals surface area contributed by atoms with Crippen molar-refractivity contribution in [1.82, 2.24) is 14.9 Å². The number of phenols is 1. The zero-order chi connectivity index (χ0) is 22.5. The number of nitrogens with one attached hydrogen (secondary N) is 1. The second kappa shape index (κ2) is 7.79. The summed E-state index contributed by atoms with van der Waals surface area (Å²) >= 11 is 0. The molecule has 2 aromatic carbocycles. The third kappa shape index (κ3) is 3.69. The Hall–Kier alpha value is -3.10. The topological polar surface area (TPSA) is 106 Å². The standard InChI is InChI=1S/C24H29N5O3/c1-14-6-16(4-5-20(14)30)28-23-18-8-21(31-3)22(9-19(18)26-13-27-23)32-17-7-15-11-29(2)12-24(15,25)10-17/h4-6,8-9,13,15,17,30H,7,10-12,25H2,1-3H3,(H,26,27,28). The molecule has 2 aliphatic rings. The largest absolute Gasteiger partial charge is 0.508 e. The number of aromatic nitrogens is 2. The molecule has 1 saturated heterocycles. The summed E-state index contributed by atoms with van der Waals surface area (Å²) in [6, 6.07) is 9.15. The smallest absolute Gasteiger partial charge is 0.163 e. The van der Waals surface area contributed by atoms with E-state index >= 15 is 0 Å². The highest BCUT2D eigenvalue weighted by molar-refractivity contribution is 5.93. The number of anilines is 2. The lowest BCUT2D eigenvalue weighted by molar-refractivity contribution is 0.180. The second-order valence-corrected chi connectivity index (χ2v) is 9.18. The fourth-order valence-electron chi connectivity index (χ4n) is 5.17. The number of likely N-dealkylation sites (N-methyl/N-ethyl adjacent to an activating group) is 1. The van der Waals surface area contributed by atoms with Gasteiger partial charge in [-0.05, 0) is 56.1 Å². The molecule has 0 radical (unpaired) electrons. The van der Waals surface area contributed by atoms with E-state index in [9.17, 15) is 5.11 Å². The number of aryl methyl sites for hydroxylation is 1. The normalized spacial score (nSPS) is 25.1. The van der Waals surface area contributed by atoms with Gasteiger partial charge in [0.15, 0.2) is 11.5 Å². The average Bonchev–Trinajstić information content (AvgIpc) is 3.19. The molecule has 8 heteroatoms. The van der Waals surface area contributed by atoms with Crippen LogP contribution in [0.4, 0.5) is 11.5 Å². The number of hydrogen-bond donors (Lipinski definition) is 3. The van der Waals surface area contributed by atoms with Crippen LogP contribution >= 0.6 is 0 Å². The highest BCUT2D eigenvalue weighted by atomic mass is 16.5. The third-order valence-corrected chi connectivity index (χ3v) is 6.74. The molecule has 1 saturated carbocycles. The minimum absolute atomic E-state index is 0.0597. The first-order chi connectivity index (χ1) is 15.3. The van der Waals surface area contributed by atoms with Crippen molar-refractivity contribution < 1.29 is 14.6 Å². The Kier molecular flexibility index (Phi) is 5.06. The molecule has 1 aliphatic carbocycles. The molecule has 4 N–H and O–H groups in total. The van der Waals surface area contributed by atoms with Crippen LogP contribution in [0.1, 0.15) is 18.4 Å².